The van der Waals surface area contributed by atoms with E-state index in [2.05, 4.69) is 63.6 Å². The highest BCUT2D eigenvalue weighted by atomic mass is 16.2. The van der Waals surface area contributed by atoms with E-state index in [1.54, 1.807) is 0 Å². The summed E-state index contributed by atoms with van der Waals surface area (Å²) in [7, 11) is 0. The first kappa shape index (κ1) is 20.1. The number of hydrazine groups is 1. The molecular weight excluding hydrogens is 410 g/mol. The Balaban J connectivity index is 1.20. The van der Waals surface area contributed by atoms with Crippen LogP contribution in [0.25, 0.3) is 10.9 Å². The lowest BCUT2D eigenvalue weighted by atomic mass is 9.98. The minimum absolute atomic E-state index is 0.338. The molecule has 2 aliphatic heterocycles. The highest BCUT2D eigenvalue weighted by molar-refractivity contribution is 6.20. The van der Waals surface area contributed by atoms with Crippen molar-refractivity contribution in [3.63, 3.8) is 0 Å². The van der Waals surface area contributed by atoms with E-state index in [4.69, 9.17) is 0 Å². The van der Waals surface area contributed by atoms with Gasteiger partial charge in [-0.2, -0.15) is 4.99 Å². The summed E-state index contributed by atoms with van der Waals surface area (Å²) in [4.78, 5) is 23.3. The van der Waals surface area contributed by atoms with Crippen LogP contribution in [-0.4, -0.2) is 36.4 Å². The van der Waals surface area contributed by atoms with Gasteiger partial charge < -0.3 is 9.88 Å². The summed E-state index contributed by atoms with van der Waals surface area (Å²) in [5.41, 5.74) is 10.6. The molecule has 0 saturated carbocycles. The van der Waals surface area contributed by atoms with Gasteiger partial charge in [0, 0.05) is 53.9 Å². The van der Waals surface area contributed by atoms with Crippen molar-refractivity contribution in [3.05, 3.63) is 71.4 Å². The van der Waals surface area contributed by atoms with Crippen LogP contribution in [0, 0.1) is 5.92 Å². The zero-order valence-corrected chi connectivity index (χ0v) is 19.0. The SMILES string of the molecule is CC1CCN(c2ccc3c(c2)CCN3NC(=O)N=C2C=CCc3[nH]c4ccccc4c32)CC1. The van der Waals surface area contributed by atoms with Crippen molar-refractivity contribution in [3.8, 4) is 0 Å². The molecule has 0 spiro atoms. The van der Waals surface area contributed by atoms with Crippen molar-refractivity contribution < 1.29 is 4.79 Å². The minimum atomic E-state index is -0.338. The quantitative estimate of drug-likeness (QED) is 0.591. The van der Waals surface area contributed by atoms with Gasteiger partial charge in [-0.25, -0.2) is 10.2 Å². The molecule has 0 atom stereocenters. The average molecular weight is 440 g/mol. The number of hydrogen-bond acceptors (Lipinski definition) is 3. The van der Waals surface area contributed by atoms with Gasteiger partial charge >= 0.3 is 6.03 Å². The number of carbonyl (C=O) groups excluding carboxylic acids is 1. The fraction of sp³-hybridized carbons (Fsp3) is 0.333. The average Bonchev–Trinajstić information content (AvgIpc) is 3.41. The zero-order valence-electron chi connectivity index (χ0n) is 19.0. The van der Waals surface area contributed by atoms with E-state index in [-0.39, 0.29) is 6.03 Å². The van der Waals surface area contributed by atoms with Crippen LogP contribution in [0.3, 0.4) is 0 Å². The summed E-state index contributed by atoms with van der Waals surface area (Å²) < 4.78 is 0. The first-order valence-electron chi connectivity index (χ1n) is 12.0. The number of para-hydroxylation sites is 1. The van der Waals surface area contributed by atoms with Crippen LogP contribution in [0.5, 0.6) is 0 Å². The number of aliphatic imine (C=N–C) groups is 1. The topological polar surface area (TPSA) is 63.7 Å². The Morgan fingerprint density at radius 2 is 1.97 bits per heavy atom. The Kier molecular flexibility index (Phi) is 4.93. The number of hydrogen-bond donors (Lipinski definition) is 2. The number of H-pyrrole nitrogens is 1. The second kappa shape index (κ2) is 8.10. The van der Waals surface area contributed by atoms with Crippen LogP contribution in [0.1, 0.15) is 36.6 Å². The van der Waals surface area contributed by atoms with Crippen LogP contribution in [0.4, 0.5) is 16.2 Å². The molecule has 0 unspecified atom stereocenters. The highest BCUT2D eigenvalue weighted by Crippen LogP contribution is 2.32. The number of fused-ring (bicyclic) bond motifs is 4. The number of nitrogens with zero attached hydrogens (tertiary/aromatic N) is 3. The molecule has 6 nitrogen and oxygen atoms in total. The molecule has 33 heavy (non-hydrogen) atoms. The van der Waals surface area contributed by atoms with Crippen LogP contribution in [-0.2, 0) is 12.8 Å². The van der Waals surface area contributed by atoms with Crippen molar-refractivity contribution in [2.24, 2.45) is 10.9 Å². The second-order valence-electron chi connectivity index (χ2n) is 9.43. The van der Waals surface area contributed by atoms with Crippen LogP contribution in [0.2, 0.25) is 0 Å². The summed E-state index contributed by atoms with van der Waals surface area (Å²) in [6, 6.07) is 14.5. The number of nitrogens with one attached hydrogen (secondary N) is 2. The standard InChI is InChI=1S/C27H29N5O/c1-18-11-14-31(15-12-18)20-9-10-25-19(17-20)13-16-32(25)30-27(33)29-24-8-4-7-23-26(24)21-5-2-3-6-22(21)28-23/h2-6,8-10,17-18,28H,7,11-16H2,1H3,(H,30,33). The normalized spacial score (nSPS) is 19.2. The van der Waals surface area contributed by atoms with Gasteiger partial charge in [-0.1, -0.05) is 31.2 Å². The van der Waals surface area contributed by atoms with Gasteiger partial charge in [0.05, 0.1) is 11.4 Å². The van der Waals surface area contributed by atoms with E-state index in [0.29, 0.717) is 5.71 Å². The highest BCUT2D eigenvalue weighted by Gasteiger charge is 2.24. The predicted molar refractivity (Wildman–Crippen MR) is 134 cm³/mol. The second-order valence-corrected chi connectivity index (χ2v) is 9.43. The molecule has 1 aromatic heterocycles. The maximum Gasteiger partial charge on any atom is 0.360 e. The zero-order chi connectivity index (χ0) is 22.4. The number of aromatic amines is 1. The fourth-order valence-corrected chi connectivity index (χ4v) is 5.33. The Labute approximate surface area is 194 Å². The van der Waals surface area contributed by atoms with Gasteiger partial charge in [-0.15, -0.1) is 0 Å². The number of amides is 2. The van der Waals surface area contributed by atoms with E-state index in [0.717, 1.165) is 66.2 Å². The molecule has 0 bridgehead atoms. The van der Waals surface area contributed by atoms with Gasteiger partial charge in [0.15, 0.2) is 0 Å². The molecule has 6 rings (SSSR count). The van der Waals surface area contributed by atoms with Crippen LogP contribution in [0.15, 0.2) is 59.6 Å². The van der Waals surface area contributed by atoms with Crippen molar-refractivity contribution in [2.75, 3.05) is 29.5 Å². The fourth-order valence-electron chi connectivity index (χ4n) is 5.33. The van der Waals surface area contributed by atoms with E-state index in [1.807, 2.05) is 23.2 Å². The lowest BCUT2D eigenvalue weighted by Crippen LogP contribution is -2.40. The third-order valence-electron chi connectivity index (χ3n) is 7.20. The minimum Gasteiger partial charge on any atom is -0.372 e. The number of aromatic nitrogens is 1. The number of benzene rings is 2. The molecule has 3 heterocycles. The van der Waals surface area contributed by atoms with Crippen molar-refractivity contribution >= 4 is 34.0 Å². The summed E-state index contributed by atoms with van der Waals surface area (Å²) >= 11 is 0. The number of rotatable bonds is 2. The molecule has 2 amide bonds. The van der Waals surface area contributed by atoms with Gasteiger partial charge in [0.25, 0.3) is 0 Å². The van der Waals surface area contributed by atoms with E-state index in [9.17, 15) is 4.79 Å². The molecule has 3 aromatic rings. The molecule has 2 aromatic carbocycles. The molecule has 1 aliphatic carbocycles. The van der Waals surface area contributed by atoms with Crippen molar-refractivity contribution in [1.82, 2.24) is 10.4 Å². The third-order valence-corrected chi connectivity index (χ3v) is 7.20. The number of piperidine rings is 1. The van der Waals surface area contributed by atoms with E-state index in [1.165, 1.54) is 24.1 Å². The first-order valence-corrected chi connectivity index (χ1v) is 12.0. The smallest absolute Gasteiger partial charge is 0.360 e. The van der Waals surface area contributed by atoms with Gasteiger partial charge in [-0.3, -0.25) is 5.01 Å². The number of carbonyl (C=O) groups is 1. The van der Waals surface area contributed by atoms with Crippen molar-refractivity contribution in [2.45, 2.75) is 32.6 Å². The Bertz CT molecular complexity index is 1280. The van der Waals surface area contributed by atoms with Crippen molar-refractivity contribution in [1.29, 1.82) is 0 Å². The molecule has 2 N–H and O–H groups in total. The van der Waals surface area contributed by atoms with E-state index >= 15 is 0 Å². The summed E-state index contributed by atoms with van der Waals surface area (Å²) in [5, 5.41) is 3.04. The number of urea groups is 1. The summed E-state index contributed by atoms with van der Waals surface area (Å²) in [5.74, 6) is 0.822. The molecule has 168 valence electrons. The molecule has 1 saturated heterocycles. The lowest BCUT2D eigenvalue weighted by Gasteiger charge is -2.32. The molecule has 6 heteroatoms. The van der Waals surface area contributed by atoms with Gasteiger partial charge in [-0.05, 0) is 61.1 Å². The number of allylic oxidation sites excluding steroid dienone is 2. The largest absolute Gasteiger partial charge is 0.372 e. The Morgan fingerprint density at radius 3 is 2.85 bits per heavy atom. The summed E-state index contributed by atoms with van der Waals surface area (Å²) in [6.45, 7) is 5.36. The predicted octanol–water partition coefficient (Wildman–Crippen LogP) is 4.99. The maximum absolute atomic E-state index is 12.9. The molecule has 3 aliphatic rings. The maximum atomic E-state index is 12.9. The molecule has 0 radical (unpaired) electrons. The van der Waals surface area contributed by atoms with Crippen LogP contribution >= 0.6 is 0 Å². The monoisotopic (exact) mass is 439 g/mol. The van der Waals surface area contributed by atoms with Gasteiger partial charge in [0.2, 0.25) is 0 Å². The third kappa shape index (κ3) is 3.69. The molecule has 1 fully saturated rings. The van der Waals surface area contributed by atoms with Gasteiger partial charge in [0.1, 0.15) is 0 Å². The lowest BCUT2D eigenvalue weighted by molar-refractivity contribution is 0.248. The molecular formula is C27H29N5O. The Morgan fingerprint density at radius 1 is 1.12 bits per heavy atom. The summed E-state index contributed by atoms with van der Waals surface area (Å²) in [6.07, 6.45) is 8.27. The first-order chi connectivity index (χ1) is 16.2. The van der Waals surface area contributed by atoms with Crippen LogP contribution < -0.4 is 15.3 Å². The Hall–Kier alpha value is -3.54. The van der Waals surface area contributed by atoms with E-state index < -0.39 is 0 Å². The number of anilines is 2.